The van der Waals surface area contributed by atoms with Gasteiger partial charge in [-0.1, -0.05) is 13.8 Å². The van der Waals surface area contributed by atoms with Crippen LogP contribution in [0.3, 0.4) is 0 Å². The first-order valence-electron chi connectivity index (χ1n) is 9.61. The molecule has 7 nitrogen and oxygen atoms in total. The Balaban J connectivity index is 2.32. The first-order valence-corrected chi connectivity index (χ1v) is 9.61. The van der Waals surface area contributed by atoms with Gasteiger partial charge in [0.15, 0.2) is 0 Å². The highest BCUT2D eigenvalue weighted by Crippen LogP contribution is 2.37. The van der Waals surface area contributed by atoms with Crippen LogP contribution in [0.4, 0.5) is 5.82 Å². The van der Waals surface area contributed by atoms with E-state index in [9.17, 15) is 5.11 Å². The number of ether oxygens (including phenoxy) is 1. The second-order valence-corrected chi connectivity index (χ2v) is 7.79. The van der Waals surface area contributed by atoms with E-state index in [0.717, 1.165) is 29.5 Å². The highest BCUT2D eigenvalue weighted by atomic mass is 16.5. The summed E-state index contributed by atoms with van der Waals surface area (Å²) in [5, 5.41) is 19.4. The maximum atomic E-state index is 11.3. The van der Waals surface area contributed by atoms with Crippen molar-refractivity contribution in [1.29, 1.82) is 5.41 Å². The molecule has 0 amide bonds. The van der Waals surface area contributed by atoms with Gasteiger partial charge in [-0.15, -0.1) is 0 Å². The van der Waals surface area contributed by atoms with E-state index in [-0.39, 0.29) is 12.0 Å². The fraction of sp³-hybridized carbons (Fsp3) is 0.476. The summed E-state index contributed by atoms with van der Waals surface area (Å²) in [4.78, 5) is 11.5. The lowest BCUT2D eigenvalue weighted by Gasteiger charge is -2.36. The number of nitrogens with one attached hydrogen (secondary N) is 1. The third-order valence-corrected chi connectivity index (χ3v) is 5.58. The van der Waals surface area contributed by atoms with Gasteiger partial charge in [-0.3, -0.25) is 4.98 Å². The number of hydrogen-bond acceptors (Lipinski definition) is 7. The molecule has 150 valence electrons. The molecular formula is C21H29N5O2. The van der Waals surface area contributed by atoms with E-state index in [1.807, 2.05) is 32.9 Å². The zero-order valence-electron chi connectivity index (χ0n) is 16.9. The van der Waals surface area contributed by atoms with E-state index >= 15 is 0 Å². The SMILES string of the molecule is CC(C)C(C)(O)c1cc(N2CCOC[C@H]2C)nc2c(/C(N)=C/C=N)nccc12. The zero-order valence-corrected chi connectivity index (χ0v) is 16.9. The van der Waals surface area contributed by atoms with Crippen molar-refractivity contribution in [3.05, 3.63) is 35.7 Å². The molecule has 2 aromatic rings. The third-order valence-electron chi connectivity index (χ3n) is 5.58. The van der Waals surface area contributed by atoms with Crippen molar-refractivity contribution in [2.75, 3.05) is 24.7 Å². The first kappa shape index (κ1) is 20.2. The molecule has 1 unspecified atom stereocenters. The van der Waals surface area contributed by atoms with Gasteiger partial charge in [-0.2, -0.15) is 0 Å². The molecular weight excluding hydrogens is 354 g/mol. The van der Waals surface area contributed by atoms with Crippen LogP contribution in [0.25, 0.3) is 16.6 Å². The maximum Gasteiger partial charge on any atom is 0.130 e. The van der Waals surface area contributed by atoms with Gasteiger partial charge in [0.2, 0.25) is 0 Å². The van der Waals surface area contributed by atoms with Crippen molar-refractivity contribution in [3.8, 4) is 0 Å². The van der Waals surface area contributed by atoms with Crippen molar-refractivity contribution < 1.29 is 9.84 Å². The maximum absolute atomic E-state index is 11.3. The summed E-state index contributed by atoms with van der Waals surface area (Å²) in [6, 6.07) is 4.01. The van der Waals surface area contributed by atoms with Crippen LogP contribution in [0.15, 0.2) is 24.4 Å². The number of nitrogens with zero attached hydrogens (tertiary/aromatic N) is 3. The minimum absolute atomic E-state index is 0.000794. The molecule has 0 aromatic carbocycles. The van der Waals surface area contributed by atoms with Crippen molar-refractivity contribution in [1.82, 2.24) is 9.97 Å². The quantitative estimate of drug-likeness (QED) is 0.685. The molecule has 3 heterocycles. The number of anilines is 1. The molecule has 0 radical (unpaired) electrons. The summed E-state index contributed by atoms with van der Waals surface area (Å²) < 4.78 is 5.57. The number of hydrogen-bond donors (Lipinski definition) is 3. The number of fused-ring (bicyclic) bond motifs is 1. The topological polar surface area (TPSA) is 108 Å². The van der Waals surface area contributed by atoms with Gasteiger partial charge >= 0.3 is 0 Å². The molecule has 0 saturated carbocycles. The molecule has 0 bridgehead atoms. The van der Waals surface area contributed by atoms with Crippen LogP contribution >= 0.6 is 0 Å². The minimum atomic E-state index is -1.05. The Morgan fingerprint density at radius 1 is 1.50 bits per heavy atom. The third kappa shape index (κ3) is 3.59. The summed E-state index contributed by atoms with van der Waals surface area (Å²) in [5.41, 5.74) is 7.42. The molecule has 2 atom stereocenters. The number of nitrogens with two attached hydrogens (primary N) is 1. The zero-order chi connectivity index (χ0) is 20.5. The minimum Gasteiger partial charge on any atom is -0.397 e. The highest BCUT2D eigenvalue weighted by Gasteiger charge is 2.32. The average Bonchev–Trinajstić information content (AvgIpc) is 2.67. The second kappa shape index (κ2) is 7.85. The van der Waals surface area contributed by atoms with Gasteiger partial charge in [0, 0.05) is 24.3 Å². The molecule has 1 aliphatic rings. The fourth-order valence-electron chi connectivity index (χ4n) is 3.46. The van der Waals surface area contributed by atoms with E-state index in [0.29, 0.717) is 30.1 Å². The molecule has 4 N–H and O–H groups in total. The first-order chi connectivity index (χ1) is 13.3. The molecule has 1 fully saturated rings. The largest absolute Gasteiger partial charge is 0.397 e. The van der Waals surface area contributed by atoms with E-state index in [1.165, 1.54) is 6.08 Å². The summed E-state index contributed by atoms with van der Waals surface area (Å²) >= 11 is 0. The Labute approximate surface area is 165 Å². The van der Waals surface area contributed by atoms with Gasteiger partial charge < -0.3 is 25.9 Å². The molecule has 1 aliphatic heterocycles. The van der Waals surface area contributed by atoms with Gasteiger partial charge in [0.1, 0.15) is 17.0 Å². The number of morpholine rings is 1. The molecule has 3 rings (SSSR count). The number of aromatic nitrogens is 2. The summed E-state index contributed by atoms with van der Waals surface area (Å²) in [7, 11) is 0. The molecule has 0 aliphatic carbocycles. The predicted octanol–water partition coefficient (Wildman–Crippen LogP) is 2.67. The number of allylic oxidation sites excluding steroid dienone is 1. The Kier molecular flexibility index (Phi) is 5.67. The van der Waals surface area contributed by atoms with Crippen LogP contribution < -0.4 is 10.6 Å². The summed E-state index contributed by atoms with van der Waals surface area (Å²) in [5.74, 6) is 0.773. The second-order valence-electron chi connectivity index (χ2n) is 7.79. The highest BCUT2D eigenvalue weighted by molar-refractivity contribution is 5.94. The Morgan fingerprint density at radius 3 is 2.89 bits per heavy atom. The lowest BCUT2D eigenvalue weighted by Crippen LogP contribution is -2.44. The van der Waals surface area contributed by atoms with Crippen molar-refractivity contribution in [2.24, 2.45) is 11.7 Å². The monoisotopic (exact) mass is 383 g/mol. The Bertz CT molecular complexity index is 907. The van der Waals surface area contributed by atoms with Gasteiger partial charge in [0.05, 0.1) is 30.6 Å². The van der Waals surface area contributed by atoms with Crippen LogP contribution in [0.1, 0.15) is 39.0 Å². The lowest BCUT2D eigenvalue weighted by molar-refractivity contribution is 0.0104. The van der Waals surface area contributed by atoms with Crippen molar-refractivity contribution >= 4 is 28.6 Å². The predicted molar refractivity (Wildman–Crippen MR) is 113 cm³/mol. The average molecular weight is 383 g/mol. The Morgan fingerprint density at radius 2 is 2.25 bits per heavy atom. The smallest absolute Gasteiger partial charge is 0.130 e. The normalized spacial score (nSPS) is 20.4. The van der Waals surface area contributed by atoms with Gasteiger partial charge in [-0.05, 0) is 43.5 Å². The van der Waals surface area contributed by atoms with Crippen molar-refractivity contribution in [3.63, 3.8) is 0 Å². The lowest BCUT2D eigenvalue weighted by atomic mass is 9.83. The van der Waals surface area contributed by atoms with E-state index in [2.05, 4.69) is 16.8 Å². The van der Waals surface area contributed by atoms with Gasteiger partial charge in [0.25, 0.3) is 0 Å². The summed E-state index contributed by atoms with van der Waals surface area (Å²) in [6.45, 7) is 9.91. The van der Waals surface area contributed by atoms with Gasteiger partial charge in [-0.25, -0.2) is 4.98 Å². The molecule has 7 heteroatoms. The van der Waals surface area contributed by atoms with E-state index < -0.39 is 5.60 Å². The Hall–Kier alpha value is -2.51. The summed E-state index contributed by atoms with van der Waals surface area (Å²) in [6.07, 6.45) is 4.30. The number of aliphatic hydroxyl groups is 1. The van der Waals surface area contributed by atoms with Crippen molar-refractivity contribution in [2.45, 2.75) is 39.3 Å². The van der Waals surface area contributed by atoms with Crippen LogP contribution in [-0.2, 0) is 10.3 Å². The number of rotatable bonds is 5. The van der Waals surface area contributed by atoms with Crippen LogP contribution in [0.5, 0.6) is 0 Å². The molecule has 2 aromatic heterocycles. The van der Waals surface area contributed by atoms with Crippen LogP contribution in [-0.4, -0.2) is 47.1 Å². The van der Waals surface area contributed by atoms with E-state index in [4.69, 9.17) is 20.9 Å². The standard InChI is InChI=1S/C21H29N5O2/c1-13(2)21(4,27)16-11-18(26-9-10-28-12-14(26)3)25-19-15(16)6-8-24-20(19)17(23)5-7-22/h5-8,11,13-14,22,27H,9-10,12,23H2,1-4H3/b17-5-,22-7?/t14-,21?/m1/s1. The number of pyridine rings is 2. The van der Waals surface area contributed by atoms with Crippen LogP contribution in [0, 0.1) is 11.3 Å². The fourth-order valence-corrected chi connectivity index (χ4v) is 3.46. The van der Waals surface area contributed by atoms with Crippen LogP contribution in [0.2, 0.25) is 0 Å². The van der Waals surface area contributed by atoms with E-state index in [1.54, 1.807) is 6.20 Å². The molecule has 1 saturated heterocycles. The molecule has 0 spiro atoms. The molecule has 28 heavy (non-hydrogen) atoms.